The van der Waals surface area contributed by atoms with Crippen LogP contribution < -0.4 is 4.90 Å². The average molecular weight is 369 g/mol. The smallest absolute Gasteiger partial charge is 0.155 e. The van der Waals surface area contributed by atoms with E-state index in [9.17, 15) is 0 Å². The highest BCUT2D eigenvalue weighted by Gasteiger charge is 2.33. The van der Waals surface area contributed by atoms with Crippen molar-refractivity contribution in [1.82, 2.24) is 24.7 Å². The second-order valence-electron chi connectivity index (χ2n) is 7.27. The maximum Gasteiger partial charge on any atom is 0.155 e. The maximum absolute atomic E-state index is 4.69. The Hall–Kier alpha value is -2.02. The van der Waals surface area contributed by atoms with E-state index in [1.54, 1.807) is 17.7 Å². The lowest BCUT2D eigenvalue weighted by atomic mass is 10.2. The molecule has 26 heavy (non-hydrogen) atoms. The molecular weight excluding hydrogens is 344 g/mol. The number of aryl methyl sites for hydroxylation is 2. The second-order valence-corrected chi connectivity index (χ2v) is 8.39. The van der Waals surface area contributed by atoms with Crippen LogP contribution in [0.2, 0.25) is 0 Å². The number of fused-ring (bicyclic) bond motifs is 2. The van der Waals surface area contributed by atoms with Crippen LogP contribution in [-0.2, 0) is 19.4 Å². The molecule has 5 heterocycles. The third-order valence-corrected chi connectivity index (χ3v) is 6.86. The van der Waals surface area contributed by atoms with Crippen LogP contribution in [0.15, 0.2) is 12.4 Å². The minimum absolute atomic E-state index is 0.275. The van der Waals surface area contributed by atoms with Gasteiger partial charge in [0.2, 0.25) is 0 Å². The molecule has 0 radical (unpaired) electrons. The van der Waals surface area contributed by atoms with Crippen LogP contribution in [0.4, 0.5) is 5.82 Å². The van der Waals surface area contributed by atoms with Crippen molar-refractivity contribution in [2.45, 2.75) is 64.5 Å². The van der Waals surface area contributed by atoms with Gasteiger partial charge in [-0.05, 0) is 38.2 Å². The lowest BCUT2D eigenvalue weighted by Crippen LogP contribution is -2.26. The van der Waals surface area contributed by atoms with E-state index in [1.165, 1.54) is 41.8 Å². The monoisotopic (exact) mass is 368 g/mol. The molecule has 0 aromatic carbocycles. The molecule has 2 aliphatic rings. The number of anilines is 1. The summed E-state index contributed by atoms with van der Waals surface area (Å²) in [6.45, 7) is 4.28. The molecule has 0 spiro atoms. The molecule has 6 nitrogen and oxygen atoms in total. The fourth-order valence-corrected chi connectivity index (χ4v) is 5.27. The topological polar surface area (TPSA) is 59.7 Å². The van der Waals surface area contributed by atoms with Gasteiger partial charge in [0.1, 0.15) is 22.8 Å². The summed E-state index contributed by atoms with van der Waals surface area (Å²) in [5.41, 5.74) is 0. The van der Waals surface area contributed by atoms with E-state index in [1.807, 2.05) is 0 Å². The Kier molecular flexibility index (Phi) is 4.11. The van der Waals surface area contributed by atoms with Crippen molar-refractivity contribution in [3.63, 3.8) is 0 Å². The molecule has 1 saturated heterocycles. The summed E-state index contributed by atoms with van der Waals surface area (Å²) in [4.78, 5) is 14.1. The molecule has 0 saturated carbocycles. The third-order valence-electron chi connectivity index (χ3n) is 5.67. The minimum Gasteiger partial charge on any atom is -0.346 e. The molecule has 1 atom stereocenters. The van der Waals surface area contributed by atoms with Crippen LogP contribution in [-0.4, -0.2) is 31.3 Å². The summed E-state index contributed by atoms with van der Waals surface area (Å²) >= 11 is 1.78. The highest BCUT2D eigenvalue weighted by atomic mass is 32.1. The molecular formula is C19H24N6S. The van der Waals surface area contributed by atoms with Gasteiger partial charge in [-0.15, -0.1) is 21.5 Å². The van der Waals surface area contributed by atoms with E-state index >= 15 is 0 Å². The molecule has 1 fully saturated rings. The SMILES string of the molecule is CCc1cc2c(N3CCC[C@@H]3c3nnc4n3CCCCC4)ncnc2s1. The maximum atomic E-state index is 4.69. The molecule has 3 aromatic heterocycles. The van der Waals surface area contributed by atoms with E-state index in [4.69, 9.17) is 4.98 Å². The predicted octanol–water partition coefficient (Wildman–Crippen LogP) is 3.91. The number of rotatable bonds is 3. The van der Waals surface area contributed by atoms with Crippen LogP contribution in [0.25, 0.3) is 10.2 Å². The molecule has 0 aliphatic carbocycles. The number of nitrogens with zero attached hydrogens (tertiary/aromatic N) is 6. The first kappa shape index (κ1) is 16.2. The molecule has 2 aliphatic heterocycles. The Morgan fingerprint density at radius 3 is 3.00 bits per heavy atom. The Labute approximate surface area is 157 Å². The molecule has 3 aromatic rings. The third kappa shape index (κ3) is 2.60. The zero-order valence-electron chi connectivity index (χ0n) is 15.2. The van der Waals surface area contributed by atoms with Crippen LogP contribution in [0, 0.1) is 0 Å². The molecule has 136 valence electrons. The van der Waals surface area contributed by atoms with Crippen molar-refractivity contribution < 1.29 is 0 Å². The normalized spacial score (nSPS) is 20.5. The first-order valence-corrected chi connectivity index (χ1v) is 10.6. The van der Waals surface area contributed by atoms with E-state index in [0.29, 0.717) is 0 Å². The van der Waals surface area contributed by atoms with Crippen molar-refractivity contribution in [3.05, 3.63) is 28.9 Å². The molecule has 7 heteroatoms. The molecule has 0 N–H and O–H groups in total. The Bertz CT molecular complexity index is 929. The largest absolute Gasteiger partial charge is 0.346 e. The van der Waals surface area contributed by atoms with Crippen LogP contribution in [0.3, 0.4) is 0 Å². The number of hydrogen-bond donors (Lipinski definition) is 0. The fraction of sp³-hybridized carbons (Fsp3) is 0.579. The molecule has 0 amide bonds. The summed E-state index contributed by atoms with van der Waals surface area (Å²) in [6, 6.07) is 2.55. The zero-order valence-corrected chi connectivity index (χ0v) is 16.0. The van der Waals surface area contributed by atoms with Crippen molar-refractivity contribution in [2.75, 3.05) is 11.4 Å². The van der Waals surface area contributed by atoms with Gasteiger partial charge in [-0.3, -0.25) is 0 Å². The lowest BCUT2D eigenvalue weighted by Gasteiger charge is -2.26. The van der Waals surface area contributed by atoms with E-state index in [2.05, 4.69) is 37.6 Å². The highest BCUT2D eigenvalue weighted by Crippen LogP contribution is 2.39. The first-order valence-electron chi connectivity index (χ1n) is 9.77. The fourth-order valence-electron chi connectivity index (χ4n) is 4.34. The van der Waals surface area contributed by atoms with Crippen molar-refractivity contribution >= 4 is 27.4 Å². The highest BCUT2D eigenvalue weighted by molar-refractivity contribution is 7.18. The van der Waals surface area contributed by atoms with Gasteiger partial charge >= 0.3 is 0 Å². The van der Waals surface area contributed by atoms with Gasteiger partial charge in [-0.25, -0.2) is 9.97 Å². The summed E-state index contributed by atoms with van der Waals surface area (Å²) in [6.07, 6.45) is 9.85. The van der Waals surface area contributed by atoms with Crippen molar-refractivity contribution in [3.8, 4) is 0 Å². The summed E-state index contributed by atoms with van der Waals surface area (Å²) < 4.78 is 2.39. The van der Waals surface area contributed by atoms with Gasteiger partial charge in [0.25, 0.3) is 0 Å². The average Bonchev–Trinajstić information content (AvgIpc) is 3.35. The van der Waals surface area contributed by atoms with Gasteiger partial charge < -0.3 is 9.47 Å². The molecule has 0 unspecified atom stereocenters. The van der Waals surface area contributed by atoms with Gasteiger partial charge in [-0.1, -0.05) is 13.3 Å². The molecule has 5 rings (SSSR count). The Balaban J connectivity index is 1.56. The van der Waals surface area contributed by atoms with Crippen LogP contribution in [0.5, 0.6) is 0 Å². The van der Waals surface area contributed by atoms with Crippen LogP contribution >= 0.6 is 11.3 Å². The number of thiophene rings is 1. The van der Waals surface area contributed by atoms with Gasteiger partial charge in [0, 0.05) is 24.4 Å². The lowest BCUT2D eigenvalue weighted by molar-refractivity contribution is 0.558. The summed E-state index contributed by atoms with van der Waals surface area (Å²) in [5, 5.41) is 10.3. The first-order chi connectivity index (χ1) is 12.8. The Morgan fingerprint density at radius 2 is 2.08 bits per heavy atom. The van der Waals surface area contributed by atoms with Crippen molar-refractivity contribution in [1.29, 1.82) is 0 Å². The predicted molar refractivity (Wildman–Crippen MR) is 104 cm³/mol. The standard InChI is InChI=1S/C19H24N6S/c1-2-13-11-14-17(20-12-21-19(14)26-13)24-10-6-7-15(24)18-23-22-16-8-4-3-5-9-25(16)18/h11-12,15H,2-10H2,1H3/t15-/m1/s1. The van der Waals surface area contributed by atoms with Gasteiger partial charge in [0.05, 0.1) is 11.4 Å². The van der Waals surface area contributed by atoms with Gasteiger partial charge in [-0.2, -0.15) is 0 Å². The second kappa shape index (κ2) is 6.61. The zero-order chi connectivity index (χ0) is 17.5. The number of aromatic nitrogens is 5. The summed E-state index contributed by atoms with van der Waals surface area (Å²) in [5.74, 6) is 3.37. The molecule has 0 bridgehead atoms. The quantitative estimate of drug-likeness (QED) is 0.701. The van der Waals surface area contributed by atoms with E-state index < -0.39 is 0 Å². The van der Waals surface area contributed by atoms with Crippen LogP contribution in [0.1, 0.15) is 61.6 Å². The summed E-state index contributed by atoms with van der Waals surface area (Å²) in [7, 11) is 0. The number of hydrogen-bond acceptors (Lipinski definition) is 6. The van der Waals surface area contributed by atoms with E-state index in [-0.39, 0.29) is 6.04 Å². The van der Waals surface area contributed by atoms with Crippen molar-refractivity contribution in [2.24, 2.45) is 0 Å². The van der Waals surface area contributed by atoms with Gasteiger partial charge in [0.15, 0.2) is 5.82 Å². The minimum atomic E-state index is 0.275. The Morgan fingerprint density at radius 1 is 1.12 bits per heavy atom. The van der Waals surface area contributed by atoms with E-state index in [0.717, 1.165) is 48.8 Å².